The zero-order chi connectivity index (χ0) is 10.6. The van der Waals surface area contributed by atoms with E-state index in [0.717, 1.165) is 11.1 Å². The Labute approximate surface area is 99.4 Å². The van der Waals surface area contributed by atoms with Gasteiger partial charge in [-0.1, -0.05) is 17.7 Å². The van der Waals surface area contributed by atoms with Crippen LogP contribution >= 0.6 is 24.0 Å². The molecule has 1 rings (SSSR count). The lowest BCUT2D eigenvalue weighted by molar-refractivity contribution is 0.248. The zero-order valence-corrected chi connectivity index (χ0v) is 9.57. The summed E-state index contributed by atoms with van der Waals surface area (Å²) in [6, 6.07) is 4.79. The Morgan fingerprint density at radius 3 is 2.60 bits per heavy atom. The van der Waals surface area contributed by atoms with Crippen molar-refractivity contribution in [3.8, 4) is 0 Å². The molecule has 0 unspecified atom stereocenters. The second kappa shape index (κ2) is 6.50. The molecule has 0 aliphatic carbocycles. The topological polar surface area (TPSA) is 81.1 Å². The van der Waals surface area contributed by atoms with Crippen LogP contribution in [-0.4, -0.2) is 6.03 Å². The molecule has 15 heavy (non-hydrogen) atoms. The number of hydrogen-bond donors (Lipinski definition) is 3. The summed E-state index contributed by atoms with van der Waals surface area (Å²) in [4.78, 5) is 10.5. The highest BCUT2D eigenvalue weighted by Gasteiger charge is 2.02. The van der Waals surface area contributed by atoms with Gasteiger partial charge in [0, 0.05) is 18.1 Å². The number of primary amides is 1. The number of carbonyl (C=O) groups excluding carboxylic acids is 1. The molecule has 0 saturated carbocycles. The third kappa shape index (κ3) is 4.38. The molecule has 5 N–H and O–H groups in total. The number of benzene rings is 1. The number of carbonyl (C=O) groups is 1. The first-order chi connectivity index (χ1) is 6.63. The summed E-state index contributed by atoms with van der Waals surface area (Å²) >= 11 is 5.79. The van der Waals surface area contributed by atoms with Crippen molar-refractivity contribution in [3.05, 3.63) is 34.3 Å². The van der Waals surface area contributed by atoms with E-state index in [2.05, 4.69) is 5.32 Å². The van der Waals surface area contributed by atoms with Gasteiger partial charge in [0.05, 0.1) is 0 Å². The van der Waals surface area contributed by atoms with Crippen molar-refractivity contribution in [1.82, 2.24) is 5.32 Å². The first kappa shape index (κ1) is 14.0. The summed E-state index contributed by atoms with van der Waals surface area (Å²) < 4.78 is 0. The van der Waals surface area contributed by atoms with E-state index in [0.29, 0.717) is 18.1 Å². The number of rotatable bonds is 3. The monoisotopic (exact) mass is 249 g/mol. The van der Waals surface area contributed by atoms with Gasteiger partial charge in [-0.2, -0.15) is 0 Å². The molecule has 0 aliphatic heterocycles. The molecule has 6 heteroatoms. The molecule has 0 aromatic heterocycles. The lowest BCUT2D eigenvalue weighted by atomic mass is 10.1. The predicted octanol–water partition coefficient (Wildman–Crippen LogP) is 1.39. The van der Waals surface area contributed by atoms with Crippen LogP contribution in [0, 0.1) is 0 Å². The van der Waals surface area contributed by atoms with Gasteiger partial charge in [-0.25, -0.2) is 4.79 Å². The van der Waals surface area contributed by atoms with Gasteiger partial charge < -0.3 is 16.8 Å². The molecular weight excluding hydrogens is 237 g/mol. The highest BCUT2D eigenvalue weighted by molar-refractivity contribution is 6.30. The van der Waals surface area contributed by atoms with Gasteiger partial charge in [0.25, 0.3) is 0 Å². The molecule has 0 aliphatic rings. The molecule has 0 heterocycles. The molecule has 0 fully saturated rings. The molecule has 0 saturated heterocycles. The number of hydrogen-bond acceptors (Lipinski definition) is 2. The molecule has 4 nitrogen and oxygen atoms in total. The van der Waals surface area contributed by atoms with E-state index in [-0.39, 0.29) is 12.4 Å². The van der Waals surface area contributed by atoms with Gasteiger partial charge in [-0.15, -0.1) is 12.4 Å². The van der Waals surface area contributed by atoms with E-state index < -0.39 is 6.03 Å². The first-order valence-electron chi connectivity index (χ1n) is 4.14. The van der Waals surface area contributed by atoms with Crippen LogP contribution in [-0.2, 0) is 13.1 Å². The number of nitrogens with two attached hydrogens (primary N) is 2. The minimum atomic E-state index is -0.553. The van der Waals surface area contributed by atoms with Crippen molar-refractivity contribution >= 4 is 30.0 Å². The van der Waals surface area contributed by atoms with Crippen LogP contribution in [0.5, 0.6) is 0 Å². The average Bonchev–Trinajstić information content (AvgIpc) is 2.15. The zero-order valence-electron chi connectivity index (χ0n) is 8.00. The van der Waals surface area contributed by atoms with Crippen LogP contribution in [0.3, 0.4) is 0 Å². The fraction of sp³-hybridized carbons (Fsp3) is 0.222. The number of nitrogens with one attached hydrogen (secondary N) is 1. The Kier molecular flexibility index (Phi) is 6.08. The largest absolute Gasteiger partial charge is 0.352 e. The van der Waals surface area contributed by atoms with Crippen LogP contribution < -0.4 is 16.8 Å². The Morgan fingerprint density at radius 2 is 2.07 bits per heavy atom. The molecule has 0 radical (unpaired) electrons. The van der Waals surface area contributed by atoms with Crippen molar-refractivity contribution in [1.29, 1.82) is 0 Å². The lowest BCUT2D eigenvalue weighted by Crippen LogP contribution is -2.29. The summed E-state index contributed by atoms with van der Waals surface area (Å²) in [5, 5.41) is 3.13. The van der Waals surface area contributed by atoms with Crippen LogP contribution in [0.4, 0.5) is 4.79 Å². The van der Waals surface area contributed by atoms with E-state index in [1.165, 1.54) is 0 Å². The fourth-order valence-corrected chi connectivity index (χ4v) is 1.33. The second-order valence-corrected chi connectivity index (χ2v) is 3.27. The maximum atomic E-state index is 10.5. The third-order valence-electron chi connectivity index (χ3n) is 1.84. The van der Waals surface area contributed by atoms with Crippen LogP contribution in [0.2, 0.25) is 5.02 Å². The first-order valence-corrected chi connectivity index (χ1v) is 4.52. The summed E-state index contributed by atoms with van der Waals surface area (Å²) in [5.41, 5.74) is 12.3. The predicted molar refractivity (Wildman–Crippen MR) is 63.0 cm³/mol. The van der Waals surface area contributed by atoms with Crippen molar-refractivity contribution in [2.75, 3.05) is 0 Å². The van der Waals surface area contributed by atoms with Crippen molar-refractivity contribution in [2.24, 2.45) is 11.5 Å². The average molecular weight is 250 g/mol. The molecule has 1 aromatic carbocycles. The molecule has 84 valence electrons. The summed E-state index contributed by atoms with van der Waals surface area (Å²) in [6.45, 7) is 0.759. The van der Waals surface area contributed by atoms with E-state index in [9.17, 15) is 4.79 Å². The highest BCUT2D eigenvalue weighted by Crippen LogP contribution is 2.15. The molecule has 0 bridgehead atoms. The number of halogens is 2. The van der Waals surface area contributed by atoms with Gasteiger partial charge >= 0.3 is 6.03 Å². The Morgan fingerprint density at radius 1 is 1.40 bits per heavy atom. The van der Waals surface area contributed by atoms with E-state index in [4.69, 9.17) is 23.1 Å². The quantitative estimate of drug-likeness (QED) is 0.757. The minimum absolute atomic E-state index is 0. The van der Waals surface area contributed by atoms with Crippen LogP contribution in [0.25, 0.3) is 0 Å². The molecule has 0 spiro atoms. The van der Waals surface area contributed by atoms with Crippen molar-refractivity contribution < 1.29 is 4.79 Å². The van der Waals surface area contributed by atoms with Gasteiger partial charge in [0.15, 0.2) is 0 Å². The number of urea groups is 1. The molecule has 1 aromatic rings. The lowest BCUT2D eigenvalue weighted by Gasteiger charge is -2.08. The van der Waals surface area contributed by atoms with Crippen molar-refractivity contribution in [3.63, 3.8) is 0 Å². The second-order valence-electron chi connectivity index (χ2n) is 2.83. The van der Waals surface area contributed by atoms with Crippen molar-refractivity contribution in [2.45, 2.75) is 13.1 Å². The Bertz CT molecular complexity index is 344. The van der Waals surface area contributed by atoms with Gasteiger partial charge in [0.2, 0.25) is 0 Å². The molecule has 2 amide bonds. The Balaban J connectivity index is 0.00000196. The maximum absolute atomic E-state index is 10.5. The van der Waals surface area contributed by atoms with Gasteiger partial charge in [0.1, 0.15) is 0 Å². The smallest absolute Gasteiger partial charge is 0.312 e. The standard InChI is InChI=1S/C9H12ClN3O.ClH/c10-8-2-1-6(5-13-9(12)14)7(3-8)4-11;/h1-3H,4-5,11H2,(H3,12,13,14);1H. The minimum Gasteiger partial charge on any atom is -0.352 e. The van der Waals surface area contributed by atoms with E-state index in [1.54, 1.807) is 12.1 Å². The van der Waals surface area contributed by atoms with E-state index in [1.807, 2.05) is 6.07 Å². The maximum Gasteiger partial charge on any atom is 0.312 e. The third-order valence-corrected chi connectivity index (χ3v) is 2.08. The van der Waals surface area contributed by atoms with Gasteiger partial charge in [-0.05, 0) is 23.3 Å². The molecule has 0 atom stereocenters. The SMILES string of the molecule is Cl.NCc1cc(Cl)ccc1CNC(N)=O. The van der Waals surface area contributed by atoms with Gasteiger partial charge in [-0.3, -0.25) is 0 Å². The summed E-state index contributed by atoms with van der Waals surface area (Å²) in [7, 11) is 0. The highest BCUT2D eigenvalue weighted by atomic mass is 35.5. The summed E-state index contributed by atoms with van der Waals surface area (Å²) in [6.07, 6.45) is 0. The number of amides is 2. The Hall–Kier alpha value is -0.970. The normalized spacial score (nSPS) is 9.20. The van der Waals surface area contributed by atoms with Crippen LogP contribution in [0.1, 0.15) is 11.1 Å². The van der Waals surface area contributed by atoms with E-state index >= 15 is 0 Å². The molecular formula is C9H13Cl2N3O. The van der Waals surface area contributed by atoms with Crippen LogP contribution in [0.15, 0.2) is 18.2 Å². The fourth-order valence-electron chi connectivity index (χ4n) is 1.14. The summed E-state index contributed by atoms with van der Waals surface area (Å²) in [5.74, 6) is 0.